The van der Waals surface area contributed by atoms with E-state index in [2.05, 4.69) is 10.6 Å². The third-order valence-corrected chi connectivity index (χ3v) is 3.05. The lowest BCUT2D eigenvalue weighted by Crippen LogP contribution is -2.44. The van der Waals surface area contributed by atoms with Gasteiger partial charge in [-0.3, -0.25) is 0 Å². The lowest BCUT2D eigenvalue weighted by atomic mass is 10.0. The van der Waals surface area contributed by atoms with E-state index in [4.69, 9.17) is 4.74 Å². The SMILES string of the molecule is Cc1ccccc1NC(=O)NC[C@@]1(O)CCOC1. The number of carbonyl (C=O) groups excluding carboxylic acids is 1. The molecule has 1 aromatic rings. The number of rotatable bonds is 3. The molecule has 0 radical (unpaired) electrons. The Bertz CT molecular complexity index is 428. The number of hydrogen-bond acceptors (Lipinski definition) is 3. The van der Waals surface area contributed by atoms with Gasteiger partial charge in [0.05, 0.1) is 13.2 Å². The Labute approximate surface area is 106 Å². The lowest BCUT2D eigenvalue weighted by Gasteiger charge is -2.20. The molecule has 1 aromatic carbocycles. The molecular formula is C13H18N2O3. The minimum atomic E-state index is -0.928. The molecular weight excluding hydrogens is 232 g/mol. The van der Waals surface area contributed by atoms with Crippen LogP contribution in [0.25, 0.3) is 0 Å². The van der Waals surface area contributed by atoms with Crippen LogP contribution in [0.15, 0.2) is 24.3 Å². The summed E-state index contributed by atoms with van der Waals surface area (Å²) in [5.74, 6) is 0. The van der Waals surface area contributed by atoms with E-state index in [9.17, 15) is 9.90 Å². The summed E-state index contributed by atoms with van der Waals surface area (Å²) >= 11 is 0. The van der Waals surface area contributed by atoms with Gasteiger partial charge in [-0.2, -0.15) is 0 Å². The number of amides is 2. The number of carbonyl (C=O) groups is 1. The summed E-state index contributed by atoms with van der Waals surface area (Å²) in [6.45, 7) is 2.94. The minimum Gasteiger partial charge on any atom is -0.386 e. The largest absolute Gasteiger partial charge is 0.386 e. The van der Waals surface area contributed by atoms with E-state index in [1.54, 1.807) is 0 Å². The summed E-state index contributed by atoms with van der Waals surface area (Å²) in [5, 5.41) is 15.4. The number of aliphatic hydroxyl groups is 1. The molecule has 18 heavy (non-hydrogen) atoms. The third kappa shape index (κ3) is 3.21. The highest BCUT2D eigenvalue weighted by molar-refractivity contribution is 5.90. The molecule has 5 heteroatoms. The van der Waals surface area contributed by atoms with Crippen molar-refractivity contribution in [1.29, 1.82) is 0 Å². The molecule has 1 fully saturated rings. The topological polar surface area (TPSA) is 70.6 Å². The molecule has 3 N–H and O–H groups in total. The second kappa shape index (κ2) is 5.37. The van der Waals surface area contributed by atoms with Gasteiger partial charge in [-0.1, -0.05) is 18.2 Å². The van der Waals surface area contributed by atoms with Crippen molar-refractivity contribution in [2.45, 2.75) is 18.9 Å². The predicted molar refractivity (Wildman–Crippen MR) is 68.6 cm³/mol. The standard InChI is InChI=1S/C13H18N2O3/c1-10-4-2-3-5-11(10)15-12(16)14-8-13(17)6-7-18-9-13/h2-5,17H,6-9H2,1H3,(H2,14,15,16)/t13-/m0/s1. The van der Waals surface area contributed by atoms with Gasteiger partial charge in [-0.05, 0) is 18.6 Å². The molecule has 1 heterocycles. The summed E-state index contributed by atoms with van der Waals surface area (Å²) in [6, 6.07) is 7.22. The number of anilines is 1. The molecule has 0 saturated carbocycles. The molecule has 1 saturated heterocycles. The smallest absolute Gasteiger partial charge is 0.319 e. The summed E-state index contributed by atoms with van der Waals surface area (Å²) in [5.41, 5.74) is 0.837. The summed E-state index contributed by atoms with van der Waals surface area (Å²) in [4.78, 5) is 11.7. The number of urea groups is 1. The Balaban J connectivity index is 1.84. The van der Waals surface area contributed by atoms with Crippen LogP contribution in [0.1, 0.15) is 12.0 Å². The fourth-order valence-electron chi connectivity index (χ4n) is 1.86. The van der Waals surface area contributed by atoms with E-state index in [-0.39, 0.29) is 19.2 Å². The van der Waals surface area contributed by atoms with Crippen molar-refractivity contribution < 1.29 is 14.6 Å². The number of aryl methyl sites for hydroxylation is 1. The second-order valence-electron chi connectivity index (χ2n) is 4.65. The maximum atomic E-state index is 11.7. The van der Waals surface area contributed by atoms with Crippen molar-refractivity contribution in [2.24, 2.45) is 0 Å². The van der Waals surface area contributed by atoms with Crippen molar-refractivity contribution >= 4 is 11.7 Å². The molecule has 1 aliphatic heterocycles. The number of hydrogen-bond donors (Lipinski definition) is 3. The first-order chi connectivity index (χ1) is 8.59. The molecule has 0 unspecified atom stereocenters. The van der Waals surface area contributed by atoms with Crippen LogP contribution in [0.4, 0.5) is 10.5 Å². The molecule has 2 rings (SSSR count). The summed E-state index contributed by atoms with van der Waals surface area (Å²) in [7, 11) is 0. The highest BCUT2D eigenvalue weighted by Crippen LogP contribution is 2.17. The first-order valence-electron chi connectivity index (χ1n) is 6.00. The zero-order chi connectivity index (χ0) is 13.0. The maximum Gasteiger partial charge on any atom is 0.319 e. The Hall–Kier alpha value is -1.59. The number of ether oxygens (including phenoxy) is 1. The highest BCUT2D eigenvalue weighted by atomic mass is 16.5. The van der Waals surface area contributed by atoms with Gasteiger partial charge >= 0.3 is 6.03 Å². The zero-order valence-corrected chi connectivity index (χ0v) is 10.4. The van der Waals surface area contributed by atoms with E-state index in [1.807, 2.05) is 31.2 Å². The average molecular weight is 250 g/mol. The van der Waals surface area contributed by atoms with Crippen molar-refractivity contribution in [1.82, 2.24) is 5.32 Å². The molecule has 0 bridgehead atoms. The van der Waals surface area contributed by atoms with Crippen molar-refractivity contribution in [3.63, 3.8) is 0 Å². The van der Waals surface area contributed by atoms with E-state index in [1.165, 1.54) is 0 Å². The van der Waals surface area contributed by atoms with Crippen LogP contribution in [0.3, 0.4) is 0 Å². The monoisotopic (exact) mass is 250 g/mol. The fraction of sp³-hybridized carbons (Fsp3) is 0.462. The van der Waals surface area contributed by atoms with Crippen LogP contribution in [-0.4, -0.2) is 36.5 Å². The molecule has 0 spiro atoms. The molecule has 1 aliphatic rings. The van der Waals surface area contributed by atoms with E-state index >= 15 is 0 Å². The number of nitrogens with one attached hydrogen (secondary N) is 2. The quantitative estimate of drug-likeness (QED) is 0.756. The fourth-order valence-corrected chi connectivity index (χ4v) is 1.86. The first-order valence-corrected chi connectivity index (χ1v) is 6.00. The lowest BCUT2D eigenvalue weighted by molar-refractivity contribution is 0.0295. The molecule has 98 valence electrons. The maximum absolute atomic E-state index is 11.7. The van der Waals surface area contributed by atoms with Gasteiger partial charge in [0, 0.05) is 18.7 Å². The average Bonchev–Trinajstić information content (AvgIpc) is 2.77. The van der Waals surface area contributed by atoms with Crippen LogP contribution in [0.5, 0.6) is 0 Å². The van der Waals surface area contributed by atoms with E-state index < -0.39 is 5.60 Å². The van der Waals surface area contributed by atoms with Crippen molar-refractivity contribution in [2.75, 3.05) is 25.1 Å². The van der Waals surface area contributed by atoms with E-state index in [0.29, 0.717) is 13.0 Å². The first kappa shape index (κ1) is 12.9. The Kier molecular flexibility index (Phi) is 3.84. The Morgan fingerprint density at radius 2 is 2.28 bits per heavy atom. The van der Waals surface area contributed by atoms with Crippen LogP contribution < -0.4 is 10.6 Å². The molecule has 0 aliphatic carbocycles. The van der Waals surface area contributed by atoms with Gasteiger partial charge in [0.15, 0.2) is 0 Å². The van der Waals surface area contributed by atoms with E-state index in [0.717, 1.165) is 11.3 Å². The number of benzene rings is 1. The summed E-state index contributed by atoms with van der Waals surface area (Å²) in [6.07, 6.45) is 0.553. The van der Waals surface area contributed by atoms with Gasteiger partial charge in [0.2, 0.25) is 0 Å². The zero-order valence-electron chi connectivity index (χ0n) is 10.4. The van der Waals surface area contributed by atoms with Crippen molar-refractivity contribution in [3.8, 4) is 0 Å². The third-order valence-electron chi connectivity index (χ3n) is 3.05. The number of para-hydroxylation sites is 1. The van der Waals surface area contributed by atoms with Crippen LogP contribution >= 0.6 is 0 Å². The predicted octanol–water partition coefficient (Wildman–Crippen LogP) is 1.27. The minimum absolute atomic E-state index is 0.199. The highest BCUT2D eigenvalue weighted by Gasteiger charge is 2.32. The van der Waals surface area contributed by atoms with Gasteiger partial charge in [-0.15, -0.1) is 0 Å². The second-order valence-corrected chi connectivity index (χ2v) is 4.65. The van der Waals surface area contributed by atoms with Crippen LogP contribution in [0.2, 0.25) is 0 Å². The van der Waals surface area contributed by atoms with Gasteiger partial charge in [0.25, 0.3) is 0 Å². The Morgan fingerprint density at radius 3 is 2.94 bits per heavy atom. The van der Waals surface area contributed by atoms with Gasteiger partial charge < -0.3 is 20.5 Å². The molecule has 0 aromatic heterocycles. The van der Waals surface area contributed by atoms with Gasteiger partial charge in [-0.25, -0.2) is 4.79 Å². The molecule has 5 nitrogen and oxygen atoms in total. The molecule has 1 atom stereocenters. The molecule has 2 amide bonds. The Morgan fingerprint density at radius 1 is 1.50 bits per heavy atom. The normalized spacial score (nSPS) is 22.8. The van der Waals surface area contributed by atoms with Gasteiger partial charge in [0.1, 0.15) is 5.60 Å². The van der Waals surface area contributed by atoms with Crippen LogP contribution in [-0.2, 0) is 4.74 Å². The summed E-state index contributed by atoms with van der Waals surface area (Å²) < 4.78 is 5.11. The van der Waals surface area contributed by atoms with Crippen LogP contribution in [0, 0.1) is 6.92 Å². The van der Waals surface area contributed by atoms with Crippen molar-refractivity contribution in [3.05, 3.63) is 29.8 Å².